The predicted octanol–water partition coefficient (Wildman–Crippen LogP) is 4.36. The number of benzene rings is 3. The van der Waals surface area contributed by atoms with Gasteiger partial charge in [-0.2, -0.15) is 5.10 Å². The fourth-order valence-corrected chi connectivity index (χ4v) is 4.80. The van der Waals surface area contributed by atoms with Crippen LogP contribution in [0.1, 0.15) is 28.6 Å². The number of para-hydroxylation sites is 1. The number of aromatic nitrogens is 2. The molecule has 1 aliphatic heterocycles. The van der Waals surface area contributed by atoms with Gasteiger partial charge in [0.25, 0.3) is 0 Å². The number of ether oxygens (including phenoxy) is 1. The number of hydrogen-bond acceptors (Lipinski definition) is 4. The molecule has 2 heterocycles. The quantitative estimate of drug-likeness (QED) is 0.431. The minimum absolute atomic E-state index is 0.193. The molecule has 0 spiro atoms. The minimum Gasteiger partial charge on any atom is -0.497 e. The van der Waals surface area contributed by atoms with E-state index in [4.69, 9.17) is 9.84 Å². The maximum Gasteiger partial charge on any atom is 0.247 e. The third kappa shape index (κ3) is 4.35. The Morgan fingerprint density at radius 1 is 1.06 bits per heavy atom. The summed E-state index contributed by atoms with van der Waals surface area (Å²) in [6, 6.07) is 20.9. The van der Waals surface area contributed by atoms with Crippen LogP contribution < -0.4 is 10.1 Å². The summed E-state index contributed by atoms with van der Waals surface area (Å²) in [5.41, 5.74) is 4.14. The van der Waals surface area contributed by atoms with Crippen molar-refractivity contribution in [1.82, 2.24) is 20.0 Å². The Morgan fingerprint density at radius 3 is 2.58 bits per heavy atom. The topological polar surface area (TPSA) is 76.5 Å². The van der Waals surface area contributed by atoms with Crippen molar-refractivity contribution in [2.45, 2.75) is 19.9 Å². The molecular weight excluding hydrogens is 452 g/mol. The van der Waals surface area contributed by atoms with Crippen molar-refractivity contribution in [2.24, 2.45) is 0 Å². The zero-order valence-electron chi connectivity index (χ0n) is 20.6. The number of nitrogens with zero attached hydrogens (tertiary/aromatic N) is 3. The maximum absolute atomic E-state index is 13.4. The van der Waals surface area contributed by atoms with Gasteiger partial charge in [-0.15, -0.1) is 0 Å². The van der Waals surface area contributed by atoms with E-state index in [2.05, 4.69) is 5.32 Å². The van der Waals surface area contributed by atoms with E-state index < -0.39 is 6.04 Å². The molecule has 1 aliphatic rings. The summed E-state index contributed by atoms with van der Waals surface area (Å²) in [5.74, 6) is 0.397. The van der Waals surface area contributed by atoms with Crippen molar-refractivity contribution in [3.8, 4) is 11.4 Å². The maximum atomic E-state index is 13.4. The van der Waals surface area contributed by atoms with Crippen molar-refractivity contribution >= 4 is 28.7 Å². The highest BCUT2D eigenvalue weighted by molar-refractivity contribution is 5.97. The second-order valence-electron chi connectivity index (χ2n) is 8.86. The first-order valence-corrected chi connectivity index (χ1v) is 11.9. The van der Waals surface area contributed by atoms with Gasteiger partial charge in [-0.25, -0.2) is 4.68 Å². The summed E-state index contributed by atoms with van der Waals surface area (Å²) in [6.45, 7) is 4.66. The zero-order chi connectivity index (χ0) is 25.2. The first-order valence-electron chi connectivity index (χ1n) is 11.9. The summed E-state index contributed by atoms with van der Waals surface area (Å²) in [6.07, 6.45) is 3.34. The molecular formula is C29H28N4O3. The highest BCUT2D eigenvalue weighted by atomic mass is 16.5. The molecule has 1 atom stereocenters. The Hall–Kier alpha value is -4.39. The highest BCUT2D eigenvalue weighted by Crippen LogP contribution is 2.31. The lowest BCUT2D eigenvalue weighted by atomic mass is 10.00. The second-order valence-corrected chi connectivity index (χ2v) is 8.86. The lowest BCUT2D eigenvalue weighted by Gasteiger charge is -2.34. The standard InChI is InChI=1S/C29H28N4O3/c1-19-27(20(2)33(31-19)24-7-5-4-6-8-24)28-29(35)30-15-16-32(28)26(34)14-10-21-9-11-23-18-25(36-3)13-12-22(23)17-21/h4-14,17-18,28H,15-16H2,1-3H3,(H,30,35)/b14-10+. The summed E-state index contributed by atoms with van der Waals surface area (Å²) < 4.78 is 7.12. The summed E-state index contributed by atoms with van der Waals surface area (Å²) in [7, 11) is 1.65. The van der Waals surface area contributed by atoms with Crippen molar-refractivity contribution in [3.05, 3.63) is 95.3 Å². The van der Waals surface area contributed by atoms with Crippen LogP contribution in [-0.4, -0.2) is 46.7 Å². The van der Waals surface area contributed by atoms with Gasteiger partial charge in [0.05, 0.1) is 18.5 Å². The van der Waals surface area contributed by atoms with Crippen LogP contribution in [0.4, 0.5) is 0 Å². The van der Waals surface area contributed by atoms with E-state index in [1.54, 1.807) is 24.2 Å². The van der Waals surface area contributed by atoms with E-state index in [-0.39, 0.29) is 11.8 Å². The normalized spacial score (nSPS) is 15.9. The average Bonchev–Trinajstić information content (AvgIpc) is 3.20. The van der Waals surface area contributed by atoms with Gasteiger partial charge >= 0.3 is 0 Å². The van der Waals surface area contributed by atoms with Crippen LogP contribution >= 0.6 is 0 Å². The fourth-order valence-electron chi connectivity index (χ4n) is 4.80. The number of nitrogens with one attached hydrogen (secondary N) is 1. The van der Waals surface area contributed by atoms with Gasteiger partial charge in [0.1, 0.15) is 11.8 Å². The van der Waals surface area contributed by atoms with Gasteiger partial charge in [0.2, 0.25) is 11.8 Å². The van der Waals surface area contributed by atoms with Gasteiger partial charge in [-0.1, -0.05) is 36.4 Å². The molecule has 0 aliphatic carbocycles. The summed E-state index contributed by atoms with van der Waals surface area (Å²) in [5, 5.41) is 9.73. The van der Waals surface area contributed by atoms with Gasteiger partial charge in [-0.05, 0) is 66.6 Å². The number of carbonyl (C=O) groups is 2. The van der Waals surface area contributed by atoms with Crippen molar-refractivity contribution in [3.63, 3.8) is 0 Å². The van der Waals surface area contributed by atoms with Crippen molar-refractivity contribution in [1.29, 1.82) is 0 Å². The molecule has 7 heteroatoms. The minimum atomic E-state index is -0.738. The number of methoxy groups -OCH3 is 1. The first kappa shape index (κ1) is 23.4. The molecule has 182 valence electrons. The van der Waals surface area contributed by atoms with Crippen LogP contribution in [0.15, 0.2) is 72.8 Å². The van der Waals surface area contributed by atoms with Crippen LogP contribution in [0, 0.1) is 13.8 Å². The van der Waals surface area contributed by atoms with Crippen LogP contribution in [0.5, 0.6) is 5.75 Å². The number of fused-ring (bicyclic) bond motifs is 1. The molecule has 2 amide bonds. The number of aryl methyl sites for hydroxylation is 1. The molecule has 36 heavy (non-hydrogen) atoms. The Kier molecular flexibility index (Phi) is 6.29. The predicted molar refractivity (Wildman–Crippen MR) is 140 cm³/mol. The SMILES string of the molecule is COc1ccc2cc(/C=C/C(=O)N3CCNC(=O)C3c3c(C)nn(-c4ccccc4)c3C)ccc2c1. The molecule has 1 aromatic heterocycles. The van der Waals surface area contributed by atoms with E-state index in [9.17, 15) is 9.59 Å². The largest absolute Gasteiger partial charge is 0.497 e. The van der Waals surface area contributed by atoms with Crippen LogP contribution in [0.25, 0.3) is 22.5 Å². The third-order valence-corrected chi connectivity index (χ3v) is 6.61. The molecule has 7 nitrogen and oxygen atoms in total. The molecule has 1 saturated heterocycles. The lowest BCUT2D eigenvalue weighted by molar-refractivity contribution is -0.140. The molecule has 1 unspecified atom stereocenters. The average molecular weight is 481 g/mol. The van der Waals surface area contributed by atoms with Crippen LogP contribution in [-0.2, 0) is 9.59 Å². The van der Waals surface area contributed by atoms with Gasteiger partial charge in [0, 0.05) is 30.4 Å². The number of hydrogen-bond donors (Lipinski definition) is 1. The molecule has 0 saturated carbocycles. The van der Waals surface area contributed by atoms with Crippen molar-refractivity contribution < 1.29 is 14.3 Å². The van der Waals surface area contributed by atoms with E-state index in [0.717, 1.165) is 44.7 Å². The highest BCUT2D eigenvalue weighted by Gasteiger charge is 2.37. The Labute approximate surface area is 210 Å². The van der Waals surface area contributed by atoms with Gasteiger partial charge < -0.3 is 15.0 Å². The number of amides is 2. The molecule has 0 bridgehead atoms. The van der Waals surface area contributed by atoms with Crippen molar-refractivity contribution in [2.75, 3.05) is 20.2 Å². The van der Waals surface area contributed by atoms with Crippen LogP contribution in [0.3, 0.4) is 0 Å². The number of carbonyl (C=O) groups excluding carboxylic acids is 2. The molecule has 1 N–H and O–H groups in total. The summed E-state index contributed by atoms with van der Waals surface area (Å²) >= 11 is 0. The smallest absolute Gasteiger partial charge is 0.247 e. The van der Waals surface area contributed by atoms with E-state index in [1.165, 1.54) is 0 Å². The van der Waals surface area contributed by atoms with Gasteiger partial charge in [-0.3, -0.25) is 9.59 Å². The Balaban J connectivity index is 1.44. The summed E-state index contributed by atoms with van der Waals surface area (Å²) in [4.78, 5) is 28.1. The third-order valence-electron chi connectivity index (χ3n) is 6.61. The molecule has 1 fully saturated rings. The van der Waals surface area contributed by atoms with E-state index in [0.29, 0.717) is 13.1 Å². The first-order chi connectivity index (χ1) is 17.5. The molecule has 3 aromatic carbocycles. The van der Waals surface area contributed by atoms with E-state index >= 15 is 0 Å². The van der Waals surface area contributed by atoms with E-state index in [1.807, 2.05) is 85.3 Å². The Morgan fingerprint density at radius 2 is 1.81 bits per heavy atom. The second kappa shape index (κ2) is 9.70. The lowest BCUT2D eigenvalue weighted by Crippen LogP contribution is -2.52. The zero-order valence-corrected chi connectivity index (χ0v) is 20.6. The number of rotatable bonds is 5. The monoisotopic (exact) mass is 480 g/mol. The molecule has 0 radical (unpaired) electrons. The van der Waals surface area contributed by atoms with Crippen LogP contribution in [0.2, 0.25) is 0 Å². The molecule has 5 rings (SSSR count). The van der Waals surface area contributed by atoms with Gasteiger partial charge in [0.15, 0.2) is 0 Å². The molecule has 4 aromatic rings. The number of piperazine rings is 1. The fraction of sp³-hybridized carbons (Fsp3) is 0.207. The Bertz CT molecular complexity index is 1470.